The second-order valence-electron chi connectivity index (χ2n) is 4.06. The van der Waals surface area contributed by atoms with Gasteiger partial charge in [0.1, 0.15) is 5.82 Å². The van der Waals surface area contributed by atoms with Crippen LogP contribution in [-0.2, 0) is 6.54 Å². The quantitative estimate of drug-likeness (QED) is 0.865. The molecule has 0 aliphatic rings. The second-order valence-corrected chi connectivity index (χ2v) is 4.06. The van der Waals surface area contributed by atoms with Crippen molar-refractivity contribution < 1.29 is 13.2 Å². The van der Waals surface area contributed by atoms with Crippen LogP contribution >= 0.6 is 0 Å². The van der Waals surface area contributed by atoms with E-state index >= 15 is 0 Å². The number of benzene rings is 1. The fourth-order valence-electron chi connectivity index (χ4n) is 2.04. The number of nitrogens with zero attached hydrogens (tertiary/aromatic N) is 2. The first-order valence-electron chi connectivity index (χ1n) is 5.91. The van der Waals surface area contributed by atoms with Crippen LogP contribution in [0.15, 0.2) is 24.5 Å². The van der Waals surface area contributed by atoms with Crippen molar-refractivity contribution in [1.82, 2.24) is 14.9 Å². The molecule has 1 unspecified atom stereocenters. The predicted octanol–water partition coefficient (Wildman–Crippen LogP) is 2.63. The van der Waals surface area contributed by atoms with Crippen molar-refractivity contribution >= 4 is 0 Å². The van der Waals surface area contributed by atoms with Gasteiger partial charge in [0.05, 0.1) is 6.04 Å². The van der Waals surface area contributed by atoms with Crippen molar-refractivity contribution in [3.05, 3.63) is 53.4 Å². The first-order chi connectivity index (χ1) is 9.10. The van der Waals surface area contributed by atoms with Gasteiger partial charge in [-0.1, -0.05) is 6.07 Å². The summed E-state index contributed by atoms with van der Waals surface area (Å²) in [5, 5.41) is 2.87. The van der Waals surface area contributed by atoms with Gasteiger partial charge in [-0.3, -0.25) is 0 Å². The minimum absolute atomic E-state index is 0.0299. The van der Waals surface area contributed by atoms with Gasteiger partial charge in [0.15, 0.2) is 17.5 Å². The summed E-state index contributed by atoms with van der Waals surface area (Å²) in [6.45, 7) is 2.57. The Bertz CT molecular complexity index is 581. The molecule has 2 rings (SSSR count). The maximum absolute atomic E-state index is 13.8. The summed E-state index contributed by atoms with van der Waals surface area (Å²) in [5.41, 5.74) is 0.0299. The zero-order valence-electron chi connectivity index (χ0n) is 10.6. The van der Waals surface area contributed by atoms with E-state index in [0.717, 1.165) is 6.07 Å². The third-order valence-corrected chi connectivity index (χ3v) is 3.01. The Morgan fingerprint density at radius 1 is 1.26 bits per heavy atom. The molecular weight excluding hydrogens is 255 g/mol. The fraction of sp³-hybridized carbons (Fsp3) is 0.308. The van der Waals surface area contributed by atoms with Crippen LogP contribution in [0.5, 0.6) is 0 Å². The summed E-state index contributed by atoms with van der Waals surface area (Å²) in [6.07, 6.45) is 3.33. The molecule has 102 valence electrons. The summed E-state index contributed by atoms with van der Waals surface area (Å²) in [7, 11) is 1.61. The molecule has 1 aromatic heterocycles. The van der Waals surface area contributed by atoms with E-state index in [2.05, 4.69) is 10.3 Å². The van der Waals surface area contributed by atoms with Crippen molar-refractivity contribution in [1.29, 1.82) is 0 Å². The summed E-state index contributed by atoms with van der Waals surface area (Å²) in [4.78, 5) is 4.15. The van der Waals surface area contributed by atoms with Gasteiger partial charge in [0.25, 0.3) is 0 Å². The van der Waals surface area contributed by atoms with E-state index in [-0.39, 0.29) is 5.56 Å². The van der Waals surface area contributed by atoms with Crippen LogP contribution in [0.1, 0.15) is 24.4 Å². The van der Waals surface area contributed by atoms with E-state index < -0.39 is 23.5 Å². The molecule has 3 nitrogen and oxygen atoms in total. The maximum Gasteiger partial charge on any atom is 0.194 e. The number of imidazole rings is 1. The van der Waals surface area contributed by atoms with Crippen LogP contribution in [0.25, 0.3) is 0 Å². The molecule has 0 fully saturated rings. The number of hydrogen-bond acceptors (Lipinski definition) is 2. The highest BCUT2D eigenvalue weighted by atomic mass is 19.2. The fourth-order valence-corrected chi connectivity index (χ4v) is 2.04. The highest BCUT2D eigenvalue weighted by molar-refractivity contribution is 5.28. The van der Waals surface area contributed by atoms with Crippen molar-refractivity contribution in [3.8, 4) is 0 Å². The van der Waals surface area contributed by atoms with Gasteiger partial charge in [0.2, 0.25) is 0 Å². The maximum atomic E-state index is 13.8. The van der Waals surface area contributed by atoms with Crippen molar-refractivity contribution in [3.63, 3.8) is 0 Å². The lowest BCUT2D eigenvalue weighted by atomic mass is 10.0. The van der Waals surface area contributed by atoms with E-state index in [1.54, 1.807) is 19.4 Å². The molecule has 0 saturated carbocycles. The number of nitrogens with one attached hydrogen (secondary N) is 1. The van der Waals surface area contributed by atoms with Gasteiger partial charge in [0, 0.05) is 24.5 Å². The summed E-state index contributed by atoms with van der Waals surface area (Å²) >= 11 is 0. The molecule has 2 aromatic rings. The van der Waals surface area contributed by atoms with E-state index in [4.69, 9.17) is 0 Å². The molecule has 0 aliphatic heterocycles. The lowest BCUT2D eigenvalue weighted by molar-refractivity contribution is 0.432. The minimum Gasteiger partial charge on any atom is -0.334 e. The lowest BCUT2D eigenvalue weighted by Gasteiger charge is -2.18. The minimum atomic E-state index is -1.47. The lowest BCUT2D eigenvalue weighted by Crippen LogP contribution is -2.23. The first kappa shape index (κ1) is 13.6. The number of hydrogen-bond donors (Lipinski definition) is 1. The number of aromatic nitrogens is 2. The largest absolute Gasteiger partial charge is 0.334 e. The topological polar surface area (TPSA) is 29.9 Å². The molecule has 19 heavy (non-hydrogen) atoms. The molecular formula is C13H14F3N3. The SMILES string of the molecule is CCn1ccnc1C(NC)c1ccc(F)c(F)c1F. The van der Waals surface area contributed by atoms with Gasteiger partial charge in [-0.2, -0.15) is 0 Å². The summed E-state index contributed by atoms with van der Waals surface area (Å²) < 4.78 is 41.9. The van der Waals surface area contributed by atoms with Crippen LogP contribution in [-0.4, -0.2) is 16.6 Å². The van der Waals surface area contributed by atoms with Gasteiger partial charge < -0.3 is 9.88 Å². The molecule has 6 heteroatoms. The summed E-state index contributed by atoms with van der Waals surface area (Å²) in [6, 6.07) is 1.51. The van der Waals surface area contributed by atoms with Gasteiger partial charge in [-0.05, 0) is 20.0 Å². The molecule has 0 bridgehead atoms. The smallest absolute Gasteiger partial charge is 0.194 e. The number of halogens is 3. The van der Waals surface area contributed by atoms with Crippen molar-refractivity contribution in [2.45, 2.75) is 19.5 Å². The highest BCUT2D eigenvalue weighted by Crippen LogP contribution is 2.25. The van der Waals surface area contributed by atoms with E-state index in [0.29, 0.717) is 12.4 Å². The Kier molecular flexibility index (Phi) is 3.90. The van der Waals surface area contributed by atoms with Crippen LogP contribution in [0, 0.1) is 17.5 Å². The monoisotopic (exact) mass is 269 g/mol. The Morgan fingerprint density at radius 3 is 2.63 bits per heavy atom. The molecule has 0 saturated heterocycles. The third kappa shape index (κ3) is 2.35. The van der Waals surface area contributed by atoms with Crippen molar-refractivity contribution in [2.75, 3.05) is 7.05 Å². The molecule has 1 aromatic carbocycles. The molecule has 1 N–H and O–H groups in total. The first-order valence-corrected chi connectivity index (χ1v) is 5.91. The van der Waals surface area contributed by atoms with E-state index in [1.165, 1.54) is 6.07 Å². The zero-order valence-corrected chi connectivity index (χ0v) is 10.6. The Balaban J connectivity index is 2.52. The van der Waals surface area contributed by atoms with Crippen LogP contribution in [0.3, 0.4) is 0 Å². The average molecular weight is 269 g/mol. The highest BCUT2D eigenvalue weighted by Gasteiger charge is 2.23. The Labute approximate surface area is 109 Å². The van der Waals surface area contributed by atoms with E-state index in [1.807, 2.05) is 11.5 Å². The molecule has 0 spiro atoms. The van der Waals surface area contributed by atoms with Crippen LogP contribution in [0.2, 0.25) is 0 Å². The number of aryl methyl sites for hydroxylation is 1. The van der Waals surface area contributed by atoms with Crippen LogP contribution < -0.4 is 5.32 Å². The average Bonchev–Trinajstić information content (AvgIpc) is 2.88. The predicted molar refractivity (Wildman–Crippen MR) is 65.1 cm³/mol. The van der Waals surface area contributed by atoms with Crippen molar-refractivity contribution in [2.24, 2.45) is 0 Å². The third-order valence-electron chi connectivity index (χ3n) is 3.01. The molecule has 1 atom stereocenters. The molecule has 1 heterocycles. The molecule has 0 radical (unpaired) electrons. The number of rotatable bonds is 4. The zero-order chi connectivity index (χ0) is 14.0. The second kappa shape index (κ2) is 5.44. The van der Waals surface area contributed by atoms with Gasteiger partial charge >= 0.3 is 0 Å². The molecule has 0 aliphatic carbocycles. The Hall–Kier alpha value is -1.82. The molecule has 0 amide bonds. The standard InChI is InChI=1S/C13H14F3N3/c1-3-19-7-6-18-13(19)12(17-2)8-4-5-9(14)11(16)10(8)15/h4-7,12,17H,3H2,1-2H3. The van der Waals surface area contributed by atoms with Gasteiger partial charge in [-0.25, -0.2) is 18.2 Å². The van der Waals surface area contributed by atoms with Gasteiger partial charge in [-0.15, -0.1) is 0 Å². The Morgan fingerprint density at radius 2 is 2.00 bits per heavy atom. The van der Waals surface area contributed by atoms with Crippen LogP contribution in [0.4, 0.5) is 13.2 Å². The summed E-state index contributed by atoms with van der Waals surface area (Å²) in [5.74, 6) is -3.30. The normalized spacial score (nSPS) is 12.7. The van der Waals surface area contributed by atoms with E-state index in [9.17, 15) is 13.2 Å².